The van der Waals surface area contributed by atoms with Crippen molar-refractivity contribution >= 4 is 5.57 Å². The van der Waals surface area contributed by atoms with Gasteiger partial charge < -0.3 is 10.4 Å². The summed E-state index contributed by atoms with van der Waals surface area (Å²) in [5, 5.41) is 13.3. The summed E-state index contributed by atoms with van der Waals surface area (Å²) in [6, 6.07) is 6.05. The van der Waals surface area contributed by atoms with Crippen molar-refractivity contribution in [1.82, 2.24) is 5.32 Å². The molecule has 0 amide bonds. The first kappa shape index (κ1) is 11.2. The third kappa shape index (κ3) is 2.27. The van der Waals surface area contributed by atoms with Gasteiger partial charge in [-0.15, -0.1) is 0 Å². The van der Waals surface area contributed by atoms with Crippen molar-refractivity contribution in [1.29, 1.82) is 0 Å². The van der Waals surface area contributed by atoms with Crippen LogP contribution in [0.3, 0.4) is 0 Å². The zero-order valence-corrected chi connectivity index (χ0v) is 9.96. The second-order valence-electron chi connectivity index (χ2n) is 4.61. The Labute approximate surface area is 97.0 Å². The molecule has 1 aromatic carbocycles. The molecule has 1 aliphatic heterocycles. The van der Waals surface area contributed by atoms with Gasteiger partial charge in [-0.05, 0) is 36.1 Å². The standard InChI is InChI=1S/C14H19NO/c1-10(2)12-3-4-13(14(16)9-12)11-5-7-15-8-6-11/h3-5,9-10,15-16H,6-8H2,1-2H3. The molecule has 16 heavy (non-hydrogen) atoms. The number of nitrogens with one attached hydrogen (secondary N) is 1. The molecule has 2 rings (SSSR count). The molecule has 2 heteroatoms. The van der Waals surface area contributed by atoms with Crippen LogP contribution in [0.4, 0.5) is 0 Å². The molecule has 0 aromatic heterocycles. The highest BCUT2D eigenvalue weighted by molar-refractivity contribution is 5.71. The normalized spacial score (nSPS) is 16.3. The molecule has 0 saturated heterocycles. The molecule has 86 valence electrons. The first-order valence-electron chi connectivity index (χ1n) is 5.91. The molecule has 0 spiro atoms. The minimum atomic E-state index is 0.416. The molecule has 0 saturated carbocycles. The van der Waals surface area contributed by atoms with E-state index in [1.165, 1.54) is 11.1 Å². The minimum Gasteiger partial charge on any atom is -0.507 e. The number of hydrogen-bond donors (Lipinski definition) is 2. The van der Waals surface area contributed by atoms with Crippen LogP contribution in [-0.4, -0.2) is 18.2 Å². The van der Waals surface area contributed by atoms with Gasteiger partial charge in [0, 0.05) is 12.1 Å². The average molecular weight is 217 g/mol. The highest BCUT2D eigenvalue weighted by Gasteiger charge is 2.11. The van der Waals surface area contributed by atoms with E-state index in [9.17, 15) is 5.11 Å². The van der Waals surface area contributed by atoms with Crippen molar-refractivity contribution in [2.24, 2.45) is 0 Å². The summed E-state index contributed by atoms with van der Waals surface area (Å²) in [6.07, 6.45) is 3.15. The number of hydrogen-bond acceptors (Lipinski definition) is 2. The molecule has 0 radical (unpaired) electrons. The molecule has 0 fully saturated rings. The molecule has 1 heterocycles. The lowest BCUT2D eigenvalue weighted by molar-refractivity contribution is 0.472. The summed E-state index contributed by atoms with van der Waals surface area (Å²) in [4.78, 5) is 0. The van der Waals surface area contributed by atoms with E-state index in [-0.39, 0.29) is 0 Å². The topological polar surface area (TPSA) is 32.3 Å². The number of phenolic OH excluding ortho intramolecular Hbond substituents is 1. The summed E-state index contributed by atoms with van der Waals surface area (Å²) >= 11 is 0. The molecule has 2 N–H and O–H groups in total. The number of rotatable bonds is 2. The third-order valence-corrected chi connectivity index (χ3v) is 3.10. The number of benzene rings is 1. The molecule has 0 atom stereocenters. The molecular weight excluding hydrogens is 198 g/mol. The summed E-state index contributed by atoms with van der Waals surface area (Å²) < 4.78 is 0. The Kier molecular flexibility index (Phi) is 3.30. The lowest BCUT2D eigenvalue weighted by Gasteiger charge is -2.16. The van der Waals surface area contributed by atoms with Crippen LogP contribution in [0.25, 0.3) is 5.57 Å². The van der Waals surface area contributed by atoms with Crippen LogP contribution < -0.4 is 5.32 Å². The monoisotopic (exact) mass is 217 g/mol. The maximum atomic E-state index is 10.0. The van der Waals surface area contributed by atoms with Crippen molar-refractivity contribution in [3.05, 3.63) is 35.4 Å². The van der Waals surface area contributed by atoms with Gasteiger partial charge in [-0.1, -0.05) is 32.1 Å². The van der Waals surface area contributed by atoms with Crippen molar-refractivity contribution < 1.29 is 5.11 Å². The Morgan fingerprint density at radius 2 is 2.12 bits per heavy atom. The van der Waals surface area contributed by atoms with Crippen LogP contribution in [-0.2, 0) is 0 Å². The molecule has 0 bridgehead atoms. The Morgan fingerprint density at radius 1 is 1.31 bits per heavy atom. The number of phenols is 1. The third-order valence-electron chi connectivity index (χ3n) is 3.10. The van der Waals surface area contributed by atoms with E-state index >= 15 is 0 Å². The average Bonchev–Trinajstić information content (AvgIpc) is 2.30. The van der Waals surface area contributed by atoms with Gasteiger partial charge in [-0.25, -0.2) is 0 Å². The van der Waals surface area contributed by atoms with E-state index < -0.39 is 0 Å². The van der Waals surface area contributed by atoms with Gasteiger partial charge in [0.1, 0.15) is 5.75 Å². The maximum Gasteiger partial charge on any atom is 0.123 e. The van der Waals surface area contributed by atoms with E-state index in [0.717, 1.165) is 25.1 Å². The molecule has 0 unspecified atom stereocenters. The van der Waals surface area contributed by atoms with E-state index in [4.69, 9.17) is 0 Å². The van der Waals surface area contributed by atoms with E-state index in [0.29, 0.717) is 11.7 Å². The predicted octanol–water partition coefficient (Wildman–Crippen LogP) is 2.89. The molecule has 1 aliphatic rings. The maximum absolute atomic E-state index is 10.0. The predicted molar refractivity (Wildman–Crippen MR) is 67.7 cm³/mol. The molecule has 2 nitrogen and oxygen atoms in total. The van der Waals surface area contributed by atoms with Crippen LogP contribution in [0.5, 0.6) is 5.75 Å². The fourth-order valence-corrected chi connectivity index (χ4v) is 2.05. The Morgan fingerprint density at radius 3 is 2.69 bits per heavy atom. The molecular formula is C14H19NO. The quantitative estimate of drug-likeness (QED) is 0.798. The van der Waals surface area contributed by atoms with Crippen molar-refractivity contribution in [2.75, 3.05) is 13.1 Å². The van der Waals surface area contributed by atoms with Crippen LogP contribution in [0, 0.1) is 0 Å². The van der Waals surface area contributed by atoms with Crippen molar-refractivity contribution in [3.63, 3.8) is 0 Å². The van der Waals surface area contributed by atoms with E-state index in [1.807, 2.05) is 12.1 Å². The summed E-state index contributed by atoms with van der Waals surface area (Å²) in [6.45, 7) is 6.17. The highest BCUT2D eigenvalue weighted by Crippen LogP contribution is 2.30. The SMILES string of the molecule is CC(C)c1ccc(C2=CCNCC2)c(O)c1. The number of aromatic hydroxyl groups is 1. The van der Waals surface area contributed by atoms with Gasteiger partial charge in [-0.3, -0.25) is 0 Å². The van der Waals surface area contributed by atoms with Gasteiger partial charge >= 0.3 is 0 Å². The van der Waals surface area contributed by atoms with Crippen LogP contribution in [0.2, 0.25) is 0 Å². The lowest BCUT2D eigenvalue weighted by Crippen LogP contribution is -2.20. The zero-order chi connectivity index (χ0) is 11.5. The summed E-state index contributed by atoms with van der Waals surface area (Å²) in [5.74, 6) is 0.876. The smallest absolute Gasteiger partial charge is 0.123 e. The minimum absolute atomic E-state index is 0.416. The fraction of sp³-hybridized carbons (Fsp3) is 0.429. The highest BCUT2D eigenvalue weighted by atomic mass is 16.3. The Hall–Kier alpha value is -1.28. The van der Waals surface area contributed by atoms with E-state index in [2.05, 4.69) is 31.3 Å². The Bertz CT molecular complexity index is 407. The molecule has 1 aromatic rings. The largest absolute Gasteiger partial charge is 0.507 e. The van der Waals surface area contributed by atoms with E-state index in [1.54, 1.807) is 0 Å². The Balaban J connectivity index is 2.32. The van der Waals surface area contributed by atoms with Crippen molar-refractivity contribution in [3.8, 4) is 5.75 Å². The van der Waals surface area contributed by atoms with Crippen LogP contribution in [0.15, 0.2) is 24.3 Å². The van der Waals surface area contributed by atoms with Crippen LogP contribution >= 0.6 is 0 Å². The van der Waals surface area contributed by atoms with Crippen molar-refractivity contribution in [2.45, 2.75) is 26.2 Å². The summed E-state index contributed by atoms with van der Waals surface area (Å²) in [7, 11) is 0. The summed E-state index contributed by atoms with van der Waals surface area (Å²) in [5.41, 5.74) is 3.44. The second-order valence-corrected chi connectivity index (χ2v) is 4.61. The van der Waals surface area contributed by atoms with Gasteiger partial charge in [0.2, 0.25) is 0 Å². The zero-order valence-electron chi connectivity index (χ0n) is 9.96. The first-order valence-corrected chi connectivity index (χ1v) is 5.91. The fourth-order valence-electron chi connectivity index (χ4n) is 2.05. The van der Waals surface area contributed by atoms with Gasteiger partial charge in [0.05, 0.1) is 0 Å². The van der Waals surface area contributed by atoms with Crippen LogP contribution in [0.1, 0.15) is 37.3 Å². The second kappa shape index (κ2) is 4.71. The lowest BCUT2D eigenvalue weighted by atomic mass is 9.95. The molecule has 0 aliphatic carbocycles. The van der Waals surface area contributed by atoms with Gasteiger partial charge in [0.15, 0.2) is 0 Å². The van der Waals surface area contributed by atoms with Gasteiger partial charge in [-0.2, -0.15) is 0 Å². The van der Waals surface area contributed by atoms with Gasteiger partial charge in [0.25, 0.3) is 0 Å². The first-order chi connectivity index (χ1) is 7.68.